The van der Waals surface area contributed by atoms with Gasteiger partial charge in [0.1, 0.15) is 18.0 Å². The summed E-state index contributed by atoms with van der Waals surface area (Å²) in [6.45, 7) is 4.00. The summed E-state index contributed by atoms with van der Waals surface area (Å²) in [6.07, 6.45) is -0.896. The molecule has 0 atom stereocenters. The van der Waals surface area contributed by atoms with Gasteiger partial charge >= 0.3 is 6.18 Å². The summed E-state index contributed by atoms with van der Waals surface area (Å²) in [5, 5.41) is 2.61. The highest BCUT2D eigenvalue weighted by Crippen LogP contribution is 2.29. The van der Waals surface area contributed by atoms with Crippen LogP contribution in [0.3, 0.4) is 0 Å². The molecule has 5 nitrogen and oxygen atoms in total. The van der Waals surface area contributed by atoms with Crippen molar-refractivity contribution in [3.8, 4) is 0 Å². The Balaban J connectivity index is 1.68. The van der Waals surface area contributed by atoms with Crippen LogP contribution in [0, 0.1) is 5.92 Å². The van der Waals surface area contributed by atoms with Gasteiger partial charge in [-0.1, -0.05) is 6.92 Å². The van der Waals surface area contributed by atoms with Crippen LogP contribution in [0.4, 0.5) is 24.8 Å². The zero-order valence-corrected chi connectivity index (χ0v) is 14.3. The molecule has 1 aromatic carbocycles. The van der Waals surface area contributed by atoms with Gasteiger partial charge in [0.25, 0.3) is 5.91 Å². The topological polar surface area (TPSA) is 58.1 Å². The van der Waals surface area contributed by atoms with Crippen LogP contribution in [-0.4, -0.2) is 29.0 Å². The third kappa shape index (κ3) is 4.30. The molecule has 1 aliphatic rings. The lowest BCUT2D eigenvalue weighted by Gasteiger charge is -2.31. The molecule has 3 rings (SSSR count). The first-order valence-corrected chi connectivity index (χ1v) is 8.38. The van der Waals surface area contributed by atoms with Crippen molar-refractivity contribution in [3.63, 3.8) is 0 Å². The molecular weight excluding hydrogens is 345 g/mol. The molecule has 1 saturated heterocycles. The maximum Gasteiger partial charge on any atom is 0.416 e. The Labute approximate surface area is 149 Å². The van der Waals surface area contributed by atoms with E-state index in [9.17, 15) is 18.0 Å². The van der Waals surface area contributed by atoms with E-state index in [2.05, 4.69) is 27.1 Å². The van der Waals surface area contributed by atoms with Crippen LogP contribution in [0.1, 0.15) is 35.7 Å². The van der Waals surface area contributed by atoms with Gasteiger partial charge in [-0.3, -0.25) is 4.79 Å². The molecule has 26 heavy (non-hydrogen) atoms. The average molecular weight is 364 g/mol. The fourth-order valence-electron chi connectivity index (χ4n) is 2.83. The number of piperidine rings is 1. The lowest BCUT2D eigenvalue weighted by atomic mass is 9.99. The van der Waals surface area contributed by atoms with Gasteiger partial charge in [0.05, 0.1) is 5.56 Å². The second-order valence-corrected chi connectivity index (χ2v) is 6.46. The number of rotatable bonds is 3. The number of alkyl halides is 3. The van der Waals surface area contributed by atoms with Crippen molar-refractivity contribution < 1.29 is 18.0 Å². The average Bonchev–Trinajstić information content (AvgIpc) is 2.62. The van der Waals surface area contributed by atoms with E-state index in [4.69, 9.17) is 0 Å². The third-order valence-corrected chi connectivity index (χ3v) is 4.48. The maximum atomic E-state index is 12.6. The van der Waals surface area contributed by atoms with Gasteiger partial charge in [-0.15, -0.1) is 0 Å². The summed E-state index contributed by atoms with van der Waals surface area (Å²) in [6, 6.07) is 5.74. The lowest BCUT2D eigenvalue weighted by Crippen LogP contribution is -2.33. The van der Waals surface area contributed by atoms with Crippen molar-refractivity contribution in [1.82, 2.24) is 9.97 Å². The molecule has 2 heterocycles. The van der Waals surface area contributed by atoms with E-state index in [1.54, 1.807) is 6.07 Å². The van der Waals surface area contributed by atoms with E-state index in [0.717, 1.165) is 56.0 Å². The Bertz CT molecular complexity index is 769. The molecule has 8 heteroatoms. The Morgan fingerprint density at radius 1 is 1.15 bits per heavy atom. The van der Waals surface area contributed by atoms with Crippen LogP contribution in [0.2, 0.25) is 0 Å². The highest BCUT2D eigenvalue weighted by molar-refractivity contribution is 6.03. The first kappa shape index (κ1) is 18.2. The predicted molar refractivity (Wildman–Crippen MR) is 92.0 cm³/mol. The zero-order chi connectivity index (χ0) is 18.7. The monoisotopic (exact) mass is 364 g/mol. The van der Waals surface area contributed by atoms with E-state index in [1.165, 1.54) is 6.33 Å². The third-order valence-electron chi connectivity index (χ3n) is 4.48. The maximum absolute atomic E-state index is 12.6. The van der Waals surface area contributed by atoms with Crippen LogP contribution in [0.15, 0.2) is 36.7 Å². The molecule has 1 amide bonds. The van der Waals surface area contributed by atoms with Gasteiger partial charge in [0, 0.05) is 24.7 Å². The highest BCUT2D eigenvalue weighted by atomic mass is 19.4. The number of halogens is 3. The van der Waals surface area contributed by atoms with E-state index in [-0.39, 0.29) is 5.56 Å². The predicted octanol–water partition coefficient (Wildman–Crippen LogP) is 3.98. The fourth-order valence-corrected chi connectivity index (χ4v) is 2.83. The standard InChI is InChI=1S/C18H19F3N4O/c1-12-6-8-25(9-7-12)16-10-15(22-11-23-16)24-17(26)13-2-4-14(5-3-13)18(19,20)21/h2-5,10-12H,6-9H2,1H3,(H,22,23,24,26). The molecule has 1 aliphatic heterocycles. The number of carbonyl (C=O) groups excluding carboxylic acids is 1. The van der Waals surface area contributed by atoms with Crippen LogP contribution in [0.25, 0.3) is 0 Å². The number of amides is 1. The fraction of sp³-hybridized carbons (Fsp3) is 0.389. The molecular formula is C18H19F3N4O. The van der Waals surface area contributed by atoms with Crippen molar-refractivity contribution in [1.29, 1.82) is 0 Å². The number of nitrogens with zero attached hydrogens (tertiary/aromatic N) is 3. The minimum atomic E-state index is -4.43. The number of hydrogen-bond acceptors (Lipinski definition) is 4. The number of carbonyl (C=O) groups is 1. The van der Waals surface area contributed by atoms with Crippen molar-refractivity contribution in [2.24, 2.45) is 5.92 Å². The van der Waals surface area contributed by atoms with Gasteiger partial charge < -0.3 is 10.2 Å². The molecule has 1 aromatic heterocycles. The lowest BCUT2D eigenvalue weighted by molar-refractivity contribution is -0.137. The Morgan fingerprint density at radius 2 is 1.81 bits per heavy atom. The minimum Gasteiger partial charge on any atom is -0.356 e. The molecule has 2 aromatic rings. The number of benzene rings is 1. The molecule has 0 unspecified atom stereocenters. The van der Waals surface area contributed by atoms with Gasteiger partial charge in [-0.25, -0.2) is 9.97 Å². The number of nitrogens with one attached hydrogen (secondary N) is 1. The summed E-state index contributed by atoms with van der Waals surface area (Å²) >= 11 is 0. The molecule has 0 saturated carbocycles. The largest absolute Gasteiger partial charge is 0.416 e. The van der Waals surface area contributed by atoms with Crippen LogP contribution in [-0.2, 0) is 6.18 Å². The first-order chi connectivity index (χ1) is 12.3. The Morgan fingerprint density at radius 3 is 2.42 bits per heavy atom. The number of anilines is 2. The SMILES string of the molecule is CC1CCN(c2cc(NC(=O)c3ccc(C(F)(F)F)cc3)ncn2)CC1. The number of aromatic nitrogens is 2. The van der Waals surface area contributed by atoms with Gasteiger partial charge in [0.2, 0.25) is 0 Å². The normalized spacial score (nSPS) is 15.8. The van der Waals surface area contributed by atoms with E-state index in [1.807, 2.05) is 0 Å². The quantitative estimate of drug-likeness (QED) is 0.895. The second kappa shape index (κ2) is 7.31. The van der Waals surface area contributed by atoms with Crippen LogP contribution in [0.5, 0.6) is 0 Å². The summed E-state index contributed by atoms with van der Waals surface area (Å²) < 4.78 is 37.8. The first-order valence-electron chi connectivity index (χ1n) is 8.38. The van der Waals surface area contributed by atoms with Crippen molar-refractivity contribution in [2.75, 3.05) is 23.3 Å². The molecule has 0 radical (unpaired) electrons. The smallest absolute Gasteiger partial charge is 0.356 e. The summed E-state index contributed by atoms with van der Waals surface area (Å²) in [7, 11) is 0. The zero-order valence-electron chi connectivity index (χ0n) is 14.3. The van der Waals surface area contributed by atoms with Gasteiger partial charge in [0.15, 0.2) is 0 Å². The molecule has 0 spiro atoms. The summed E-state index contributed by atoms with van der Waals surface area (Å²) in [4.78, 5) is 22.6. The second-order valence-electron chi connectivity index (χ2n) is 6.46. The van der Waals surface area contributed by atoms with E-state index in [0.29, 0.717) is 11.7 Å². The Kier molecular flexibility index (Phi) is 5.11. The Hall–Kier alpha value is -2.64. The van der Waals surface area contributed by atoms with Gasteiger partial charge in [-0.2, -0.15) is 13.2 Å². The van der Waals surface area contributed by atoms with Crippen LogP contribution >= 0.6 is 0 Å². The van der Waals surface area contributed by atoms with E-state index < -0.39 is 17.6 Å². The molecule has 1 fully saturated rings. The molecule has 0 aliphatic carbocycles. The van der Waals surface area contributed by atoms with Gasteiger partial charge in [-0.05, 0) is 43.0 Å². The highest BCUT2D eigenvalue weighted by Gasteiger charge is 2.30. The summed E-state index contributed by atoms with van der Waals surface area (Å²) in [5.74, 6) is 1.22. The van der Waals surface area contributed by atoms with E-state index >= 15 is 0 Å². The molecule has 1 N–H and O–H groups in total. The van der Waals surface area contributed by atoms with Crippen molar-refractivity contribution in [2.45, 2.75) is 25.9 Å². The van der Waals surface area contributed by atoms with Crippen LogP contribution < -0.4 is 10.2 Å². The van der Waals surface area contributed by atoms with Crippen molar-refractivity contribution >= 4 is 17.5 Å². The minimum absolute atomic E-state index is 0.130. The molecule has 0 bridgehead atoms. The van der Waals surface area contributed by atoms with Crippen molar-refractivity contribution in [3.05, 3.63) is 47.8 Å². The summed E-state index contributed by atoms with van der Waals surface area (Å²) in [5.41, 5.74) is -0.664. The number of hydrogen-bond donors (Lipinski definition) is 1. The molecule has 138 valence electrons.